The Balaban J connectivity index is 1.43. The first-order valence-electron chi connectivity index (χ1n) is 8.39. The highest BCUT2D eigenvalue weighted by Crippen LogP contribution is 2.38. The molecule has 5 rings (SSSR count). The molecule has 10 nitrogen and oxygen atoms in total. The molecule has 0 radical (unpaired) electrons. The third kappa shape index (κ3) is 2.41. The largest absolute Gasteiger partial charge is 0.454 e. The number of fused-ring (bicyclic) bond motifs is 2. The van der Waals surface area contributed by atoms with Crippen molar-refractivity contribution in [2.75, 3.05) is 20.0 Å². The zero-order valence-corrected chi connectivity index (χ0v) is 14.0. The summed E-state index contributed by atoms with van der Waals surface area (Å²) in [6, 6.07) is 5.25. The van der Waals surface area contributed by atoms with Crippen molar-refractivity contribution in [2.45, 2.75) is 31.2 Å². The molecule has 0 aliphatic carbocycles. The Kier molecular flexibility index (Phi) is 3.54. The van der Waals surface area contributed by atoms with Gasteiger partial charge in [-0.05, 0) is 28.6 Å². The highest BCUT2D eigenvalue weighted by Gasteiger charge is 2.49. The first-order valence-corrected chi connectivity index (χ1v) is 8.39. The Morgan fingerprint density at radius 3 is 2.92 bits per heavy atom. The number of nitrogens with zero attached hydrogens (tertiary/aromatic N) is 4. The quantitative estimate of drug-likeness (QED) is 0.810. The standard InChI is InChI=1S/C16H17N5O5/c1-8(22)17-10-5-23-15-11(6-24-14(10)15)21-16(18-19-20-21)9-2-3-12-13(4-9)26-7-25-12/h2-4,10-11,14-15H,5-7H2,1H3,(H,17,22)/t10-,11-,14+,15+/m0/s1. The molecular formula is C16H17N5O5. The van der Waals surface area contributed by atoms with Gasteiger partial charge in [0, 0.05) is 12.5 Å². The maximum atomic E-state index is 11.3. The van der Waals surface area contributed by atoms with Gasteiger partial charge >= 0.3 is 0 Å². The number of carbonyl (C=O) groups is 1. The Bertz CT molecular complexity index is 855. The minimum Gasteiger partial charge on any atom is -0.454 e. The number of hydrogen-bond acceptors (Lipinski definition) is 8. The molecule has 0 spiro atoms. The smallest absolute Gasteiger partial charge is 0.231 e. The summed E-state index contributed by atoms with van der Waals surface area (Å²) >= 11 is 0. The van der Waals surface area contributed by atoms with Crippen LogP contribution in [0.2, 0.25) is 0 Å². The lowest BCUT2D eigenvalue weighted by atomic mass is 10.1. The number of amides is 1. The number of tetrazole rings is 1. The molecule has 2 aromatic rings. The van der Waals surface area contributed by atoms with Gasteiger partial charge in [-0.1, -0.05) is 0 Å². The first-order chi connectivity index (χ1) is 12.7. The van der Waals surface area contributed by atoms with Gasteiger partial charge in [-0.25, -0.2) is 4.68 Å². The molecule has 3 aliphatic heterocycles. The van der Waals surface area contributed by atoms with E-state index in [1.54, 1.807) is 4.68 Å². The third-order valence-corrected chi connectivity index (χ3v) is 4.85. The SMILES string of the molecule is CC(=O)N[C@H]1CO[C@H]2[C@@H]1OC[C@@H]2n1nnnc1-c1ccc2c(c1)OCO2. The molecule has 1 aromatic carbocycles. The van der Waals surface area contributed by atoms with Crippen LogP contribution >= 0.6 is 0 Å². The fraction of sp³-hybridized carbons (Fsp3) is 0.500. The molecule has 3 aliphatic rings. The van der Waals surface area contributed by atoms with E-state index in [-0.39, 0.29) is 37.0 Å². The summed E-state index contributed by atoms with van der Waals surface area (Å²) in [4.78, 5) is 11.3. The molecule has 1 aromatic heterocycles. The van der Waals surface area contributed by atoms with Crippen LogP contribution in [-0.4, -0.2) is 64.4 Å². The van der Waals surface area contributed by atoms with Crippen LogP contribution < -0.4 is 14.8 Å². The topological polar surface area (TPSA) is 110 Å². The highest BCUT2D eigenvalue weighted by atomic mass is 16.7. The lowest BCUT2D eigenvalue weighted by Crippen LogP contribution is -2.43. The Morgan fingerprint density at radius 2 is 2.04 bits per heavy atom. The maximum Gasteiger partial charge on any atom is 0.231 e. The fourth-order valence-electron chi connectivity index (χ4n) is 3.72. The van der Waals surface area contributed by atoms with Crippen molar-refractivity contribution in [3.05, 3.63) is 18.2 Å². The third-order valence-electron chi connectivity index (χ3n) is 4.85. The molecule has 0 bridgehead atoms. The second-order valence-corrected chi connectivity index (χ2v) is 6.49. The molecule has 2 saturated heterocycles. The minimum atomic E-state index is -0.219. The van der Waals surface area contributed by atoms with Gasteiger partial charge in [0.05, 0.1) is 19.3 Å². The van der Waals surface area contributed by atoms with E-state index in [0.29, 0.717) is 30.5 Å². The van der Waals surface area contributed by atoms with Crippen molar-refractivity contribution in [1.29, 1.82) is 0 Å². The molecular weight excluding hydrogens is 342 g/mol. The van der Waals surface area contributed by atoms with E-state index in [1.165, 1.54) is 6.92 Å². The summed E-state index contributed by atoms with van der Waals surface area (Å²) in [6.45, 7) is 2.52. The molecule has 136 valence electrons. The van der Waals surface area contributed by atoms with Gasteiger partial charge < -0.3 is 24.3 Å². The summed E-state index contributed by atoms with van der Waals surface area (Å²) in [5.41, 5.74) is 0.819. The van der Waals surface area contributed by atoms with Crippen molar-refractivity contribution >= 4 is 5.91 Å². The number of carbonyl (C=O) groups excluding carboxylic acids is 1. The summed E-state index contributed by atoms with van der Waals surface area (Å²) in [6.07, 6.45) is -0.430. The summed E-state index contributed by atoms with van der Waals surface area (Å²) < 4.78 is 24.3. The van der Waals surface area contributed by atoms with Crippen LogP contribution in [-0.2, 0) is 14.3 Å². The highest BCUT2D eigenvalue weighted by molar-refractivity contribution is 5.73. The lowest BCUT2D eigenvalue weighted by Gasteiger charge is -2.17. The van der Waals surface area contributed by atoms with E-state index < -0.39 is 0 Å². The van der Waals surface area contributed by atoms with Crippen LogP contribution in [0.5, 0.6) is 11.5 Å². The van der Waals surface area contributed by atoms with Crippen molar-refractivity contribution in [1.82, 2.24) is 25.5 Å². The second kappa shape index (κ2) is 5.92. The van der Waals surface area contributed by atoms with Gasteiger partial charge in [0.15, 0.2) is 17.3 Å². The first kappa shape index (κ1) is 15.5. The van der Waals surface area contributed by atoms with Gasteiger partial charge in [0.25, 0.3) is 0 Å². The maximum absolute atomic E-state index is 11.3. The van der Waals surface area contributed by atoms with Crippen molar-refractivity contribution in [2.24, 2.45) is 0 Å². The van der Waals surface area contributed by atoms with E-state index in [4.69, 9.17) is 18.9 Å². The molecule has 4 atom stereocenters. The predicted molar refractivity (Wildman–Crippen MR) is 85.5 cm³/mol. The monoisotopic (exact) mass is 359 g/mol. The minimum absolute atomic E-state index is 0.102. The number of hydrogen-bond donors (Lipinski definition) is 1. The van der Waals surface area contributed by atoms with E-state index in [2.05, 4.69) is 20.8 Å². The van der Waals surface area contributed by atoms with E-state index in [1.807, 2.05) is 18.2 Å². The van der Waals surface area contributed by atoms with E-state index in [9.17, 15) is 4.79 Å². The number of benzene rings is 1. The molecule has 4 heterocycles. The van der Waals surface area contributed by atoms with Crippen LogP contribution in [0.1, 0.15) is 13.0 Å². The van der Waals surface area contributed by atoms with Gasteiger partial charge in [-0.15, -0.1) is 5.10 Å². The van der Waals surface area contributed by atoms with Crippen LogP contribution in [0.3, 0.4) is 0 Å². The molecule has 2 fully saturated rings. The molecule has 0 saturated carbocycles. The summed E-state index contributed by atoms with van der Waals surface area (Å²) in [7, 11) is 0. The number of aromatic nitrogens is 4. The summed E-state index contributed by atoms with van der Waals surface area (Å²) in [5.74, 6) is 1.87. The van der Waals surface area contributed by atoms with Gasteiger partial charge in [0.1, 0.15) is 18.2 Å². The lowest BCUT2D eigenvalue weighted by molar-refractivity contribution is -0.120. The fourth-order valence-corrected chi connectivity index (χ4v) is 3.72. The van der Waals surface area contributed by atoms with Crippen LogP contribution in [0.15, 0.2) is 18.2 Å². The Hall–Kier alpha value is -2.72. The number of ether oxygens (including phenoxy) is 4. The molecule has 0 unspecified atom stereocenters. The van der Waals surface area contributed by atoms with Crippen molar-refractivity contribution < 1.29 is 23.7 Å². The second-order valence-electron chi connectivity index (χ2n) is 6.49. The van der Waals surface area contributed by atoms with Gasteiger partial charge in [-0.2, -0.15) is 0 Å². The number of nitrogens with one attached hydrogen (secondary N) is 1. The zero-order chi connectivity index (χ0) is 17.7. The van der Waals surface area contributed by atoms with Gasteiger partial charge in [-0.3, -0.25) is 4.79 Å². The Labute approximate surface area is 148 Å². The molecule has 1 amide bonds. The average Bonchev–Trinajstić information content (AvgIpc) is 3.39. The van der Waals surface area contributed by atoms with E-state index in [0.717, 1.165) is 5.56 Å². The number of rotatable bonds is 3. The Morgan fingerprint density at radius 1 is 1.19 bits per heavy atom. The summed E-state index contributed by atoms with van der Waals surface area (Å²) in [5, 5.41) is 15.0. The van der Waals surface area contributed by atoms with Crippen LogP contribution in [0.25, 0.3) is 11.4 Å². The average molecular weight is 359 g/mol. The van der Waals surface area contributed by atoms with Crippen LogP contribution in [0, 0.1) is 0 Å². The van der Waals surface area contributed by atoms with Crippen molar-refractivity contribution in [3.63, 3.8) is 0 Å². The predicted octanol–water partition coefficient (Wildman–Crippen LogP) is -0.0878. The zero-order valence-electron chi connectivity index (χ0n) is 14.0. The van der Waals surface area contributed by atoms with Crippen molar-refractivity contribution in [3.8, 4) is 22.9 Å². The molecule has 10 heteroatoms. The normalized spacial score (nSPS) is 29.0. The molecule has 26 heavy (non-hydrogen) atoms. The molecule has 1 N–H and O–H groups in total. The van der Waals surface area contributed by atoms with E-state index >= 15 is 0 Å². The van der Waals surface area contributed by atoms with Crippen LogP contribution in [0.4, 0.5) is 0 Å². The van der Waals surface area contributed by atoms with Gasteiger partial charge in [0.2, 0.25) is 12.7 Å².